The van der Waals surface area contributed by atoms with Crippen LogP contribution in [0.25, 0.3) is 10.8 Å². The first kappa shape index (κ1) is 15.3. The van der Waals surface area contributed by atoms with E-state index in [0.717, 1.165) is 10.5 Å². The molecule has 2 aromatic carbocycles. The molecule has 112 valence electrons. The van der Waals surface area contributed by atoms with Crippen LogP contribution in [0.15, 0.2) is 42.5 Å². The van der Waals surface area contributed by atoms with Crippen LogP contribution in [0, 0.1) is 0 Å². The molecular weight excluding hydrogens is 294 g/mol. The van der Waals surface area contributed by atoms with Crippen molar-refractivity contribution >= 4 is 34.3 Å². The molecule has 0 aliphatic carbocycles. The van der Waals surface area contributed by atoms with Crippen molar-refractivity contribution in [1.29, 1.82) is 0 Å². The van der Waals surface area contributed by atoms with Crippen molar-refractivity contribution in [3.8, 4) is 0 Å². The predicted molar refractivity (Wildman–Crippen MR) is 98.5 cm³/mol. The topological polar surface area (TPSA) is 12.0 Å². The van der Waals surface area contributed by atoms with E-state index in [-0.39, 0.29) is 0 Å². The second-order valence-corrected chi connectivity index (χ2v) is 8.82. The van der Waals surface area contributed by atoms with E-state index >= 15 is 0 Å². The Morgan fingerprint density at radius 2 is 1.81 bits per heavy atom. The zero-order valence-electron chi connectivity index (χ0n) is 12.9. The molecule has 3 rings (SSSR count). The molecular formula is C18H23NS2. The molecule has 21 heavy (non-hydrogen) atoms. The second kappa shape index (κ2) is 6.64. The molecule has 1 saturated heterocycles. The van der Waals surface area contributed by atoms with Crippen molar-refractivity contribution in [2.75, 3.05) is 12.8 Å². The van der Waals surface area contributed by atoms with Gasteiger partial charge in [0, 0.05) is 27.5 Å². The fourth-order valence-electron chi connectivity index (χ4n) is 2.95. The predicted octanol–water partition coefficient (Wildman–Crippen LogP) is 4.73. The highest BCUT2D eigenvalue weighted by atomic mass is 32.2. The highest BCUT2D eigenvalue weighted by Gasteiger charge is 2.31. The summed E-state index contributed by atoms with van der Waals surface area (Å²) in [7, 11) is 2.09. The number of hydrogen-bond donors (Lipinski definition) is 1. The number of rotatable bonds is 3. The van der Waals surface area contributed by atoms with Gasteiger partial charge in [-0.25, -0.2) is 0 Å². The molecule has 3 heteroatoms. The summed E-state index contributed by atoms with van der Waals surface area (Å²) in [5, 5.41) is 8.35. The normalized spacial score (nSPS) is 27.7. The fraction of sp³-hybridized carbons (Fsp3) is 0.444. The van der Waals surface area contributed by atoms with Crippen molar-refractivity contribution in [2.24, 2.45) is 0 Å². The number of thioether (sulfide) groups is 2. The van der Waals surface area contributed by atoms with Crippen LogP contribution in [0.2, 0.25) is 0 Å². The standard InChI is InChI=1S/C18H23NS2/c1-12-13(2)21-17(11-20-12)18(19-3)16-9-8-14-6-4-5-7-15(14)10-16/h4-10,12-13,17-19H,11H2,1-3H3. The number of nitrogens with one attached hydrogen (secondary N) is 1. The summed E-state index contributed by atoms with van der Waals surface area (Å²) in [6, 6.07) is 15.9. The Morgan fingerprint density at radius 3 is 2.52 bits per heavy atom. The van der Waals surface area contributed by atoms with E-state index < -0.39 is 0 Å². The molecule has 2 aromatic rings. The molecule has 1 heterocycles. The quantitative estimate of drug-likeness (QED) is 0.879. The van der Waals surface area contributed by atoms with Crippen LogP contribution in [0.1, 0.15) is 25.5 Å². The first-order valence-electron chi connectivity index (χ1n) is 7.62. The smallest absolute Gasteiger partial charge is 0.0446 e. The summed E-state index contributed by atoms with van der Waals surface area (Å²) < 4.78 is 0. The zero-order valence-corrected chi connectivity index (χ0v) is 14.5. The fourth-order valence-corrected chi connectivity index (χ4v) is 6.11. The highest BCUT2D eigenvalue weighted by molar-refractivity contribution is 8.07. The van der Waals surface area contributed by atoms with E-state index in [9.17, 15) is 0 Å². The minimum Gasteiger partial charge on any atom is -0.312 e. The average molecular weight is 318 g/mol. The molecule has 4 unspecified atom stereocenters. The molecule has 1 fully saturated rings. The van der Waals surface area contributed by atoms with E-state index in [0.29, 0.717) is 11.3 Å². The Bertz CT molecular complexity index is 613. The molecule has 0 saturated carbocycles. The number of hydrogen-bond acceptors (Lipinski definition) is 3. The van der Waals surface area contributed by atoms with Gasteiger partial charge in [0.1, 0.15) is 0 Å². The molecule has 0 bridgehead atoms. The molecule has 0 aromatic heterocycles. The third kappa shape index (κ3) is 3.25. The van der Waals surface area contributed by atoms with Crippen molar-refractivity contribution in [1.82, 2.24) is 5.32 Å². The lowest BCUT2D eigenvalue weighted by molar-refractivity contribution is 0.589. The lowest BCUT2D eigenvalue weighted by Gasteiger charge is -2.36. The third-order valence-corrected chi connectivity index (χ3v) is 7.88. The molecule has 0 amide bonds. The third-order valence-electron chi connectivity index (χ3n) is 4.39. The summed E-state index contributed by atoms with van der Waals surface area (Å²) in [4.78, 5) is 0. The first-order valence-corrected chi connectivity index (χ1v) is 9.61. The van der Waals surface area contributed by atoms with Crippen molar-refractivity contribution < 1.29 is 0 Å². The number of fused-ring (bicyclic) bond motifs is 1. The van der Waals surface area contributed by atoms with Gasteiger partial charge in [-0.1, -0.05) is 50.2 Å². The van der Waals surface area contributed by atoms with Gasteiger partial charge in [0.05, 0.1) is 0 Å². The molecule has 1 aliphatic rings. The van der Waals surface area contributed by atoms with E-state index in [1.807, 2.05) is 0 Å². The van der Waals surface area contributed by atoms with E-state index in [4.69, 9.17) is 0 Å². The van der Waals surface area contributed by atoms with E-state index in [1.54, 1.807) is 0 Å². The summed E-state index contributed by atoms with van der Waals surface area (Å²) in [6.07, 6.45) is 0. The van der Waals surface area contributed by atoms with Gasteiger partial charge in [0.25, 0.3) is 0 Å². The number of benzene rings is 2. The Morgan fingerprint density at radius 1 is 1.05 bits per heavy atom. The average Bonchev–Trinajstić information content (AvgIpc) is 2.51. The molecule has 0 spiro atoms. The first-order chi connectivity index (χ1) is 10.2. The lowest BCUT2D eigenvalue weighted by atomic mass is 10.00. The van der Waals surface area contributed by atoms with Crippen LogP contribution in [-0.2, 0) is 0 Å². The Hall–Kier alpha value is -0.640. The van der Waals surface area contributed by atoms with Crippen molar-refractivity contribution in [3.05, 3.63) is 48.0 Å². The lowest BCUT2D eigenvalue weighted by Crippen LogP contribution is -2.35. The van der Waals surface area contributed by atoms with Crippen LogP contribution in [0.5, 0.6) is 0 Å². The summed E-state index contributed by atoms with van der Waals surface area (Å²) in [5.74, 6) is 1.23. The maximum absolute atomic E-state index is 3.55. The summed E-state index contributed by atoms with van der Waals surface area (Å²) in [5.41, 5.74) is 1.41. The molecule has 4 atom stereocenters. The van der Waals surface area contributed by atoms with Gasteiger partial charge in [-0.2, -0.15) is 23.5 Å². The van der Waals surface area contributed by atoms with Crippen LogP contribution in [0.4, 0.5) is 0 Å². The van der Waals surface area contributed by atoms with E-state index in [2.05, 4.69) is 92.2 Å². The van der Waals surface area contributed by atoms with Crippen molar-refractivity contribution in [3.63, 3.8) is 0 Å². The SMILES string of the molecule is CNC(c1ccc2ccccc2c1)C1CSC(C)C(C)S1. The minimum absolute atomic E-state index is 0.432. The molecule has 1 aliphatic heterocycles. The van der Waals surface area contributed by atoms with Crippen LogP contribution in [-0.4, -0.2) is 28.6 Å². The Kier molecular flexibility index (Phi) is 4.82. The van der Waals surface area contributed by atoms with Gasteiger partial charge in [0.2, 0.25) is 0 Å². The van der Waals surface area contributed by atoms with Gasteiger partial charge in [-0.15, -0.1) is 0 Å². The summed E-state index contributed by atoms with van der Waals surface area (Å²) >= 11 is 4.26. The van der Waals surface area contributed by atoms with Crippen LogP contribution < -0.4 is 5.32 Å². The van der Waals surface area contributed by atoms with Crippen LogP contribution in [0.3, 0.4) is 0 Å². The highest BCUT2D eigenvalue weighted by Crippen LogP contribution is 2.41. The Balaban J connectivity index is 1.87. The Labute approximate surface area is 136 Å². The van der Waals surface area contributed by atoms with Gasteiger partial charge in [-0.3, -0.25) is 0 Å². The van der Waals surface area contributed by atoms with Gasteiger partial charge < -0.3 is 5.32 Å². The minimum atomic E-state index is 0.432. The van der Waals surface area contributed by atoms with Gasteiger partial charge in [0.15, 0.2) is 0 Å². The maximum Gasteiger partial charge on any atom is 0.0446 e. The summed E-state index contributed by atoms with van der Waals surface area (Å²) in [6.45, 7) is 4.71. The maximum atomic E-state index is 3.55. The zero-order chi connectivity index (χ0) is 14.8. The molecule has 1 nitrogen and oxygen atoms in total. The van der Waals surface area contributed by atoms with E-state index in [1.165, 1.54) is 22.1 Å². The molecule has 0 radical (unpaired) electrons. The van der Waals surface area contributed by atoms with Crippen LogP contribution >= 0.6 is 23.5 Å². The molecule has 1 N–H and O–H groups in total. The van der Waals surface area contributed by atoms with Gasteiger partial charge in [-0.05, 0) is 29.4 Å². The van der Waals surface area contributed by atoms with Crippen molar-refractivity contribution in [2.45, 2.75) is 35.6 Å². The largest absolute Gasteiger partial charge is 0.312 e. The monoisotopic (exact) mass is 317 g/mol. The van der Waals surface area contributed by atoms with Gasteiger partial charge >= 0.3 is 0 Å². The second-order valence-electron chi connectivity index (χ2n) is 5.79.